The fraction of sp³-hybridized carbons (Fsp3) is 0.0106. The Labute approximate surface area is 595 Å². The van der Waals surface area contributed by atoms with Crippen LogP contribution in [0.25, 0.3) is 166 Å². The zero-order valence-corrected chi connectivity index (χ0v) is 55.9. The number of nitrogens with zero attached hydrogens (tertiary/aromatic N) is 7. The summed E-state index contributed by atoms with van der Waals surface area (Å²) in [6.45, 7) is 2.19. The van der Waals surface area contributed by atoms with Crippen molar-refractivity contribution < 1.29 is 9.47 Å². The molecular weight excluding hydrogens is 1260 g/mol. The molecule has 0 amide bonds. The van der Waals surface area contributed by atoms with Gasteiger partial charge in [-0.2, -0.15) is 0 Å². The van der Waals surface area contributed by atoms with Crippen LogP contribution in [0.4, 0.5) is 0 Å². The van der Waals surface area contributed by atoms with Crippen molar-refractivity contribution in [1.29, 1.82) is 0 Å². The van der Waals surface area contributed by atoms with Gasteiger partial charge in [0.2, 0.25) is 11.8 Å². The van der Waals surface area contributed by atoms with Crippen LogP contribution in [0.1, 0.15) is 5.56 Å². The van der Waals surface area contributed by atoms with E-state index < -0.39 is 0 Å². The minimum Gasteiger partial charge on any atom is -0.438 e. The zero-order chi connectivity index (χ0) is 68.6. The van der Waals surface area contributed by atoms with Crippen molar-refractivity contribution in [2.75, 3.05) is 0 Å². The number of aromatic nitrogens is 7. The predicted molar refractivity (Wildman–Crippen MR) is 419 cm³/mol. The number of benzene rings is 11. The maximum atomic E-state index is 7.36. The summed E-state index contributed by atoms with van der Waals surface area (Å²) in [5, 5.41) is 3.93. The van der Waals surface area contributed by atoms with Gasteiger partial charge in [-0.25, -0.2) is 9.97 Å². The lowest BCUT2D eigenvalue weighted by Crippen LogP contribution is -1.97. The zero-order valence-electron chi connectivity index (χ0n) is 55.9. The molecule has 0 N–H and O–H groups in total. The molecule has 7 heterocycles. The van der Waals surface area contributed by atoms with E-state index in [2.05, 4.69) is 256 Å². The van der Waals surface area contributed by atoms with E-state index in [9.17, 15) is 0 Å². The third kappa shape index (κ3) is 11.9. The van der Waals surface area contributed by atoms with E-state index in [-0.39, 0.29) is 0 Å². The van der Waals surface area contributed by atoms with Crippen molar-refractivity contribution in [1.82, 2.24) is 34.9 Å². The lowest BCUT2D eigenvalue weighted by molar-refractivity contribution is 0.467. The van der Waals surface area contributed by atoms with E-state index in [1.54, 1.807) is 0 Å². The topological polar surface area (TPSA) is 109 Å². The Bertz CT molecular complexity index is 5940. The van der Waals surface area contributed by atoms with E-state index in [0.717, 1.165) is 172 Å². The van der Waals surface area contributed by atoms with Crippen LogP contribution in [0.5, 0.6) is 23.3 Å². The highest BCUT2D eigenvalue weighted by Gasteiger charge is 2.24. The Kier molecular flexibility index (Phi) is 16.0. The van der Waals surface area contributed by atoms with Gasteiger partial charge in [0.15, 0.2) is 0 Å². The molecule has 0 aliphatic carbocycles. The molecule has 7 aromatic heterocycles. The predicted octanol–water partition coefficient (Wildman–Crippen LogP) is 24.3. The third-order valence-electron chi connectivity index (χ3n) is 19.2. The molecule has 484 valence electrons. The van der Waals surface area contributed by atoms with Crippen LogP contribution in [0.2, 0.25) is 0 Å². The van der Waals surface area contributed by atoms with Gasteiger partial charge in [0.1, 0.15) is 22.5 Å². The van der Waals surface area contributed by atoms with Gasteiger partial charge < -0.3 is 9.47 Å². The number of ether oxygens (including phenoxy) is 2. The SMILES string of the molecule is Cc1cc(-c2ccccn2)ccc1-c1ccccc1-c1cc(-c2ccccc2-c2ccc(-c3ccccn3)cc2Oc2cc(-c3ccccc3)c3ccc4cccnc4c3n2)cc(-c2ccccc2-c2ccc(-c3ccccn3)cc2Oc2cc(-c3ccccc3)c3ccc4cccnc4c3n2)c1. The Morgan fingerprint density at radius 2 is 0.573 bits per heavy atom. The average molecular weight is 1320 g/mol. The van der Waals surface area contributed by atoms with Gasteiger partial charge in [-0.1, -0.05) is 212 Å². The van der Waals surface area contributed by atoms with Crippen LogP contribution >= 0.6 is 0 Å². The summed E-state index contributed by atoms with van der Waals surface area (Å²) in [6, 6.07) is 112. The number of pyridine rings is 7. The monoisotopic (exact) mass is 1320 g/mol. The molecule has 0 fully saturated rings. The first-order valence-electron chi connectivity index (χ1n) is 34.4. The maximum Gasteiger partial charge on any atom is 0.220 e. The fourth-order valence-corrected chi connectivity index (χ4v) is 14.4. The maximum absolute atomic E-state index is 7.36. The number of aryl methyl sites for hydroxylation is 1. The summed E-state index contributed by atoms with van der Waals surface area (Å²) in [5.41, 5.74) is 25.5. The fourth-order valence-electron chi connectivity index (χ4n) is 14.4. The molecule has 9 nitrogen and oxygen atoms in total. The Balaban J connectivity index is 0.838. The van der Waals surface area contributed by atoms with Crippen molar-refractivity contribution in [3.05, 3.63) is 358 Å². The highest BCUT2D eigenvalue weighted by atomic mass is 16.5. The smallest absolute Gasteiger partial charge is 0.220 e. The molecule has 18 aromatic rings. The van der Waals surface area contributed by atoms with Crippen LogP contribution in [-0.4, -0.2) is 34.9 Å². The Morgan fingerprint density at radius 1 is 0.214 bits per heavy atom. The van der Waals surface area contributed by atoms with Crippen molar-refractivity contribution in [3.8, 4) is 146 Å². The van der Waals surface area contributed by atoms with Crippen LogP contribution in [0.3, 0.4) is 0 Å². The van der Waals surface area contributed by atoms with Gasteiger partial charge >= 0.3 is 0 Å². The molecule has 0 unspecified atom stereocenters. The molecule has 0 radical (unpaired) electrons. The number of hydrogen-bond acceptors (Lipinski definition) is 9. The Morgan fingerprint density at radius 3 is 0.971 bits per heavy atom. The normalized spacial score (nSPS) is 11.3. The second-order valence-electron chi connectivity index (χ2n) is 25.6. The van der Waals surface area contributed by atoms with E-state index in [1.807, 2.05) is 104 Å². The van der Waals surface area contributed by atoms with Crippen molar-refractivity contribution in [2.45, 2.75) is 6.92 Å². The van der Waals surface area contributed by atoms with E-state index in [0.29, 0.717) is 23.3 Å². The summed E-state index contributed by atoms with van der Waals surface area (Å²) in [4.78, 5) is 34.9. The van der Waals surface area contributed by atoms with Crippen molar-refractivity contribution in [3.63, 3.8) is 0 Å². The van der Waals surface area contributed by atoms with Crippen molar-refractivity contribution in [2.24, 2.45) is 0 Å². The van der Waals surface area contributed by atoms with Crippen LogP contribution < -0.4 is 9.47 Å². The van der Waals surface area contributed by atoms with Crippen molar-refractivity contribution >= 4 is 43.6 Å². The molecule has 11 aromatic carbocycles. The van der Waals surface area contributed by atoms with Gasteiger partial charge in [-0.15, -0.1) is 0 Å². The quantitative estimate of drug-likeness (QED) is 0.0927. The van der Waals surface area contributed by atoms with Crippen LogP contribution in [0, 0.1) is 6.92 Å². The second kappa shape index (κ2) is 26.7. The number of hydrogen-bond donors (Lipinski definition) is 0. The molecule has 0 atom stereocenters. The first-order chi connectivity index (χ1) is 51.0. The highest BCUT2D eigenvalue weighted by Crippen LogP contribution is 2.49. The lowest BCUT2D eigenvalue weighted by Gasteiger charge is -2.20. The van der Waals surface area contributed by atoms with E-state index in [4.69, 9.17) is 44.4 Å². The first-order valence-corrected chi connectivity index (χ1v) is 34.4. The molecule has 0 aliphatic rings. The molecule has 9 heteroatoms. The lowest BCUT2D eigenvalue weighted by atomic mass is 9.85. The standard InChI is InChI=1S/C94H61N7O2/c1-60-52-65(84-34-14-17-47-95-84)39-42-71(60)75-31-11-8-28-72(75)68-53-69(73-29-9-12-32-76(73)78-43-40-66(85-35-15-18-48-96-85)56-87(78)102-89-58-82(61-22-4-2-5-23-61)80-45-37-63-26-20-50-98-91(63)93(80)100-89)55-70(54-68)74-30-10-13-33-77(74)79-44-41-67(86-36-16-19-49-97-86)57-88(79)103-90-59-83(62-24-6-3-7-25-62)81-46-38-64-27-21-51-99-92(64)94(81)101-90/h2-59H,1H3. The molecule has 0 spiro atoms. The Hall–Kier alpha value is -13.9. The van der Waals surface area contributed by atoms with E-state index in [1.165, 1.54) is 0 Å². The molecule has 103 heavy (non-hydrogen) atoms. The summed E-state index contributed by atoms with van der Waals surface area (Å²) >= 11 is 0. The number of fused-ring (bicyclic) bond motifs is 6. The second-order valence-corrected chi connectivity index (χ2v) is 25.6. The van der Waals surface area contributed by atoms with Crippen LogP contribution in [0.15, 0.2) is 353 Å². The molecule has 0 aliphatic heterocycles. The number of rotatable bonds is 15. The van der Waals surface area contributed by atoms with Gasteiger partial charge in [-0.3, -0.25) is 24.9 Å². The minimum atomic E-state index is 0.428. The summed E-state index contributed by atoms with van der Waals surface area (Å²) < 4.78 is 14.7. The molecular formula is C94H61N7O2. The average Bonchev–Trinajstić information content (AvgIpc) is 0.763. The molecule has 0 bridgehead atoms. The van der Waals surface area contributed by atoms with E-state index >= 15 is 0 Å². The van der Waals surface area contributed by atoms with Gasteiger partial charge in [0.05, 0.1) is 28.1 Å². The molecule has 18 rings (SSSR count). The third-order valence-corrected chi connectivity index (χ3v) is 19.2. The van der Waals surface area contributed by atoms with Gasteiger partial charge in [0.25, 0.3) is 0 Å². The largest absolute Gasteiger partial charge is 0.438 e. The summed E-state index contributed by atoms with van der Waals surface area (Å²) in [7, 11) is 0. The minimum absolute atomic E-state index is 0.428. The van der Waals surface area contributed by atoms with Crippen LogP contribution in [-0.2, 0) is 0 Å². The van der Waals surface area contributed by atoms with Gasteiger partial charge in [0, 0.05) is 92.5 Å². The highest BCUT2D eigenvalue weighted by molar-refractivity contribution is 6.10. The summed E-state index contributed by atoms with van der Waals surface area (Å²) in [6.07, 6.45) is 9.13. The molecule has 0 saturated heterocycles. The first kappa shape index (κ1) is 61.4. The van der Waals surface area contributed by atoms with Gasteiger partial charge in [-0.05, 0) is 187 Å². The molecule has 0 saturated carbocycles. The summed E-state index contributed by atoms with van der Waals surface area (Å²) in [5.74, 6) is 2.07.